The quantitative estimate of drug-likeness (QED) is 0.629. The first kappa shape index (κ1) is 13.9. The Hall–Kier alpha value is -0.550. The van der Waals surface area contributed by atoms with Crippen LogP contribution in [0, 0.1) is 5.82 Å². The summed E-state index contributed by atoms with van der Waals surface area (Å²) in [5.41, 5.74) is 0. The Kier molecular flexibility index (Phi) is 4.33. The van der Waals surface area contributed by atoms with E-state index in [1.165, 1.54) is 24.3 Å². The molecular formula is C11H4BrCl3FNO. The van der Waals surface area contributed by atoms with Crippen molar-refractivity contribution in [2.75, 3.05) is 0 Å². The van der Waals surface area contributed by atoms with Gasteiger partial charge in [0.15, 0.2) is 5.15 Å². The van der Waals surface area contributed by atoms with E-state index >= 15 is 0 Å². The number of nitrogens with zero attached hydrogens (tertiary/aromatic N) is 1. The predicted molar refractivity (Wildman–Crippen MR) is 73.4 cm³/mol. The summed E-state index contributed by atoms with van der Waals surface area (Å²) in [4.78, 5) is 3.90. The summed E-state index contributed by atoms with van der Waals surface area (Å²) in [5.74, 6) is 0.0741. The van der Waals surface area contributed by atoms with Crippen LogP contribution in [0.1, 0.15) is 0 Å². The zero-order valence-corrected chi connectivity index (χ0v) is 12.4. The van der Waals surface area contributed by atoms with Gasteiger partial charge in [-0.2, -0.15) is 4.98 Å². The van der Waals surface area contributed by atoms with Gasteiger partial charge >= 0.3 is 0 Å². The van der Waals surface area contributed by atoms with E-state index in [1.807, 2.05) is 0 Å². The summed E-state index contributed by atoms with van der Waals surface area (Å²) in [5, 5.41) is 0.516. The standard InChI is InChI=1S/C11H4BrCl3FNO/c12-6-3-5(16)1-2-9(6)18-11-8(14)4-7(13)10(15)17-11/h1-4H. The van der Waals surface area contributed by atoms with E-state index in [1.54, 1.807) is 0 Å². The van der Waals surface area contributed by atoms with Crippen molar-refractivity contribution in [3.63, 3.8) is 0 Å². The number of aromatic nitrogens is 1. The van der Waals surface area contributed by atoms with Crippen LogP contribution in [0.4, 0.5) is 4.39 Å². The second-order valence-corrected chi connectivity index (χ2v) is 5.25. The van der Waals surface area contributed by atoms with Crippen LogP contribution >= 0.6 is 50.7 Å². The number of rotatable bonds is 2. The lowest BCUT2D eigenvalue weighted by Crippen LogP contribution is -1.91. The zero-order chi connectivity index (χ0) is 13.3. The third-order valence-corrected chi connectivity index (χ3v) is 3.52. The second-order valence-electron chi connectivity index (χ2n) is 3.22. The smallest absolute Gasteiger partial charge is 0.239 e. The zero-order valence-electron chi connectivity index (χ0n) is 8.55. The van der Waals surface area contributed by atoms with E-state index in [9.17, 15) is 4.39 Å². The third kappa shape index (κ3) is 3.06. The van der Waals surface area contributed by atoms with Gasteiger partial charge in [0.1, 0.15) is 16.6 Å². The fraction of sp³-hybridized carbons (Fsp3) is 0. The van der Waals surface area contributed by atoms with E-state index < -0.39 is 0 Å². The monoisotopic (exact) mass is 369 g/mol. The molecule has 94 valence electrons. The Morgan fingerprint density at radius 3 is 2.50 bits per heavy atom. The van der Waals surface area contributed by atoms with E-state index in [0.717, 1.165) is 0 Å². The predicted octanol–water partition coefficient (Wildman–Crippen LogP) is 5.74. The maximum atomic E-state index is 12.9. The molecule has 0 fully saturated rings. The van der Waals surface area contributed by atoms with Gasteiger partial charge in [-0.3, -0.25) is 0 Å². The first-order valence-electron chi connectivity index (χ1n) is 4.62. The van der Waals surface area contributed by atoms with Gasteiger partial charge in [0, 0.05) is 0 Å². The highest BCUT2D eigenvalue weighted by atomic mass is 79.9. The van der Waals surface area contributed by atoms with Crippen LogP contribution in [0.15, 0.2) is 28.7 Å². The summed E-state index contributed by atoms with van der Waals surface area (Å²) in [6.07, 6.45) is 0. The molecule has 2 rings (SSSR count). The fourth-order valence-electron chi connectivity index (χ4n) is 1.16. The lowest BCUT2D eigenvalue weighted by Gasteiger charge is -2.09. The van der Waals surface area contributed by atoms with Gasteiger partial charge in [0.2, 0.25) is 5.88 Å². The summed E-state index contributed by atoms with van der Waals surface area (Å²) >= 11 is 20.6. The Morgan fingerprint density at radius 2 is 1.83 bits per heavy atom. The number of halogens is 5. The minimum Gasteiger partial charge on any atom is -0.436 e. The number of pyridine rings is 1. The molecule has 0 saturated carbocycles. The van der Waals surface area contributed by atoms with Crippen LogP contribution in [0.2, 0.25) is 15.2 Å². The molecule has 7 heteroatoms. The molecule has 0 atom stereocenters. The molecule has 0 aliphatic heterocycles. The average molecular weight is 371 g/mol. The van der Waals surface area contributed by atoms with Crippen LogP contribution < -0.4 is 4.74 Å². The summed E-state index contributed by atoms with van der Waals surface area (Å²) in [7, 11) is 0. The summed E-state index contributed by atoms with van der Waals surface area (Å²) in [6.45, 7) is 0. The summed E-state index contributed by atoms with van der Waals surface area (Å²) in [6, 6.07) is 5.39. The molecule has 0 aliphatic carbocycles. The minimum absolute atomic E-state index is 0.0781. The highest BCUT2D eigenvalue weighted by molar-refractivity contribution is 9.10. The molecule has 0 aliphatic rings. The van der Waals surface area contributed by atoms with Crippen LogP contribution in [0.25, 0.3) is 0 Å². The number of benzene rings is 1. The van der Waals surface area contributed by atoms with Crippen LogP contribution in [0.3, 0.4) is 0 Å². The van der Waals surface area contributed by atoms with Crippen molar-refractivity contribution in [1.82, 2.24) is 4.98 Å². The van der Waals surface area contributed by atoms with Crippen LogP contribution in [-0.2, 0) is 0 Å². The van der Waals surface area contributed by atoms with Gasteiger partial charge in [0.05, 0.1) is 9.50 Å². The molecule has 1 aromatic heterocycles. The van der Waals surface area contributed by atoms with Crippen LogP contribution in [-0.4, -0.2) is 4.98 Å². The van der Waals surface area contributed by atoms with Crippen molar-refractivity contribution >= 4 is 50.7 Å². The van der Waals surface area contributed by atoms with Gasteiger partial charge in [-0.05, 0) is 40.2 Å². The van der Waals surface area contributed by atoms with Gasteiger partial charge in [-0.1, -0.05) is 34.8 Å². The van der Waals surface area contributed by atoms with Crippen molar-refractivity contribution in [1.29, 1.82) is 0 Å². The minimum atomic E-state index is -0.387. The van der Waals surface area contributed by atoms with Gasteiger partial charge in [-0.25, -0.2) is 4.39 Å². The van der Waals surface area contributed by atoms with Gasteiger partial charge in [-0.15, -0.1) is 0 Å². The number of hydrogen-bond acceptors (Lipinski definition) is 2. The van der Waals surface area contributed by atoms with E-state index in [0.29, 0.717) is 10.2 Å². The van der Waals surface area contributed by atoms with Crippen molar-refractivity contribution in [2.24, 2.45) is 0 Å². The number of hydrogen-bond donors (Lipinski definition) is 0. The van der Waals surface area contributed by atoms with Crippen LogP contribution in [0.5, 0.6) is 11.6 Å². The first-order valence-corrected chi connectivity index (χ1v) is 6.54. The molecule has 0 saturated heterocycles. The Labute approximate surface area is 126 Å². The van der Waals surface area contributed by atoms with E-state index in [2.05, 4.69) is 20.9 Å². The first-order chi connectivity index (χ1) is 8.47. The Morgan fingerprint density at radius 1 is 1.11 bits per heavy atom. The Bertz CT molecular complexity index is 609. The molecular weight excluding hydrogens is 367 g/mol. The maximum absolute atomic E-state index is 12.9. The number of ether oxygens (including phenoxy) is 1. The normalized spacial score (nSPS) is 10.5. The lowest BCUT2D eigenvalue weighted by atomic mass is 10.3. The third-order valence-electron chi connectivity index (χ3n) is 1.96. The van der Waals surface area contributed by atoms with Gasteiger partial charge < -0.3 is 4.74 Å². The molecule has 1 aromatic carbocycles. The van der Waals surface area contributed by atoms with Crippen molar-refractivity contribution < 1.29 is 9.13 Å². The molecule has 0 amide bonds. The molecule has 18 heavy (non-hydrogen) atoms. The topological polar surface area (TPSA) is 22.1 Å². The highest BCUT2D eigenvalue weighted by Gasteiger charge is 2.12. The SMILES string of the molecule is Fc1ccc(Oc2nc(Cl)c(Cl)cc2Cl)c(Br)c1. The Balaban J connectivity index is 2.37. The van der Waals surface area contributed by atoms with E-state index in [4.69, 9.17) is 39.5 Å². The molecule has 0 N–H and O–H groups in total. The average Bonchev–Trinajstić information content (AvgIpc) is 2.29. The van der Waals surface area contributed by atoms with E-state index in [-0.39, 0.29) is 26.9 Å². The highest BCUT2D eigenvalue weighted by Crippen LogP contribution is 2.35. The van der Waals surface area contributed by atoms with Gasteiger partial charge in [0.25, 0.3) is 0 Å². The summed E-state index contributed by atoms with van der Waals surface area (Å²) < 4.78 is 18.8. The molecule has 2 nitrogen and oxygen atoms in total. The molecule has 0 spiro atoms. The lowest BCUT2D eigenvalue weighted by molar-refractivity contribution is 0.458. The molecule has 2 aromatic rings. The molecule has 0 unspecified atom stereocenters. The maximum Gasteiger partial charge on any atom is 0.239 e. The van der Waals surface area contributed by atoms with Crippen molar-refractivity contribution in [3.8, 4) is 11.6 Å². The van der Waals surface area contributed by atoms with Crippen molar-refractivity contribution in [3.05, 3.63) is 49.8 Å². The largest absolute Gasteiger partial charge is 0.436 e. The molecule has 0 bridgehead atoms. The molecule has 1 heterocycles. The second kappa shape index (κ2) is 5.61. The fourth-order valence-corrected chi connectivity index (χ4v) is 2.12. The van der Waals surface area contributed by atoms with Crippen molar-refractivity contribution in [2.45, 2.75) is 0 Å². The molecule has 0 radical (unpaired) electrons.